The van der Waals surface area contributed by atoms with Crippen LogP contribution in [0.15, 0.2) is 54.7 Å². The van der Waals surface area contributed by atoms with E-state index in [0.717, 1.165) is 22.0 Å². The van der Waals surface area contributed by atoms with Gasteiger partial charge in [0.05, 0.1) is 21.6 Å². The monoisotopic (exact) mass is 316 g/mol. The summed E-state index contributed by atoms with van der Waals surface area (Å²) in [6.45, 7) is 0. The van der Waals surface area contributed by atoms with E-state index in [1.165, 1.54) is 0 Å². The maximum Gasteiger partial charge on any atom is 0.0705 e. The smallest absolute Gasteiger partial charge is 0.0705 e. The summed E-state index contributed by atoms with van der Waals surface area (Å²) in [6, 6.07) is 15.8. The number of aromatic nitrogens is 1. The van der Waals surface area contributed by atoms with E-state index < -0.39 is 0 Å². The number of nitrogens with zero attached hydrogens (tertiary/aromatic N) is 1. The van der Waals surface area contributed by atoms with E-state index in [4.69, 9.17) is 23.2 Å². The highest BCUT2D eigenvalue weighted by Gasteiger charge is 2.18. The van der Waals surface area contributed by atoms with Crippen LogP contribution in [-0.4, -0.2) is 12.0 Å². The Kier molecular flexibility index (Phi) is 4.11. The van der Waals surface area contributed by atoms with E-state index in [9.17, 15) is 0 Å². The van der Waals surface area contributed by atoms with Crippen molar-refractivity contribution in [3.63, 3.8) is 0 Å². The zero-order valence-electron chi connectivity index (χ0n) is 11.5. The van der Waals surface area contributed by atoms with Gasteiger partial charge in [0.2, 0.25) is 0 Å². The average molecular weight is 317 g/mol. The van der Waals surface area contributed by atoms with Crippen LogP contribution in [0.25, 0.3) is 10.9 Å². The molecule has 1 aromatic heterocycles. The molecule has 4 heteroatoms. The lowest BCUT2D eigenvalue weighted by Gasteiger charge is -2.20. The topological polar surface area (TPSA) is 24.9 Å². The second-order valence-electron chi connectivity index (χ2n) is 4.78. The van der Waals surface area contributed by atoms with Gasteiger partial charge >= 0.3 is 0 Å². The van der Waals surface area contributed by atoms with Crippen LogP contribution in [0.2, 0.25) is 10.0 Å². The molecule has 3 aromatic rings. The van der Waals surface area contributed by atoms with Crippen molar-refractivity contribution in [2.24, 2.45) is 0 Å². The van der Waals surface area contributed by atoms with Crippen LogP contribution >= 0.6 is 23.2 Å². The Morgan fingerprint density at radius 2 is 1.76 bits per heavy atom. The molecule has 0 spiro atoms. The van der Waals surface area contributed by atoms with Crippen molar-refractivity contribution in [3.05, 3.63) is 75.9 Å². The first-order valence-corrected chi connectivity index (χ1v) is 7.43. The maximum absolute atomic E-state index is 6.38. The van der Waals surface area contributed by atoms with Gasteiger partial charge in [0.25, 0.3) is 0 Å². The van der Waals surface area contributed by atoms with Gasteiger partial charge in [0.1, 0.15) is 0 Å². The highest BCUT2D eigenvalue weighted by molar-refractivity contribution is 6.42. The SMILES string of the molecule is CNC(c1cccc(Cl)c1Cl)c1ccnc2ccccc12. The number of halogens is 2. The van der Waals surface area contributed by atoms with E-state index in [0.29, 0.717) is 10.0 Å². The lowest BCUT2D eigenvalue weighted by atomic mass is 9.96. The molecule has 2 nitrogen and oxygen atoms in total. The molecular formula is C17H14Cl2N2. The number of benzene rings is 2. The molecule has 0 aliphatic heterocycles. The van der Waals surface area contributed by atoms with Crippen molar-refractivity contribution in [2.75, 3.05) is 7.05 Å². The number of hydrogen-bond acceptors (Lipinski definition) is 2. The number of nitrogens with one attached hydrogen (secondary N) is 1. The van der Waals surface area contributed by atoms with Crippen LogP contribution in [0.1, 0.15) is 17.2 Å². The van der Waals surface area contributed by atoms with Gasteiger partial charge < -0.3 is 5.32 Å². The van der Waals surface area contributed by atoms with E-state index in [-0.39, 0.29) is 6.04 Å². The zero-order valence-corrected chi connectivity index (χ0v) is 13.0. The lowest BCUT2D eigenvalue weighted by molar-refractivity contribution is 0.696. The van der Waals surface area contributed by atoms with Crippen molar-refractivity contribution in [1.82, 2.24) is 10.3 Å². The van der Waals surface area contributed by atoms with Crippen molar-refractivity contribution in [1.29, 1.82) is 0 Å². The fourth-order valence-electron chi connectivity index (χ4n) is 2.59. The van der Waals surface area contributed by atoms with Crippen LogP contribution in [0.5, 0.6) is 0 Å². The van der Waals surface area contributed by atoms with Gasteiger partial charge in [-0.1, -0.05) is 53.5 Å². The molecule has 21 heavy (non-hydrogen) atoms. The first kappa shape index (κ1) is 14.3. The van der Waals surface area contributed by atoms with Crippen molar-refractivity contribution in [2.45, 2.75) is 6.04 Å². The third-order valence-corrected chi connectivity index (χ3v) is 4.41. The summed E-state index contributed by atoms with van der Waals surface area (Å²) in [5, 5.41) is 5.58. The van der Waals surface area contributed by atoms with Crippen molar-refractivity contribution in [3.8, 4) is 0 Å². The minimum absolute atomic E-state index is 0.0379. The summed E-state index contributed by atoms with van der Waals surface area (Å²) in [7, 11) is 1.91. The molecule has 1 heterocycles. The van der Waals surface area contributed by atoms with E-state index in [1.807, 2.05) is 49.6 Å². The fraction of sp³-hybridized carbons (Fsp3) is 0.118. The number of rotatable bonds is 3. The highest BCUT2D eigenvalue weighted by atomic mass is 35.5. The van der Waals surface area contributed by atoms with Crippen LogP contribution in [0, 0.1) is 0 Å². The third kappa shape index (κ3) is 2.62. The van der Waals surface area contributed by atoms with Gasteiger partial charge in [-0.15, -0.1) is 0 Å². The Hall–Kier alpha value is -1.61. The average Bonchev–Trinajstić information content (AvgIpc) is 2.52. The number of fused-ring (bicyclic) bond motifs is 1. The molecule has 106 valence electrons. The maximum atomic E-state index is 6.38. The largest absolute Gasteiger partial charge is 0.309 e. The molecule has 1 unspecified atom stereocenters. The van der Waals surface area contributed by atoms with Gasteiger partial charge in [0, 0.05) is 11.6 Å². The number of hydrogen-bond donors (Lipinski definition) is 1. The van der Waals surface area contributed by atoms with Crippen molar-refractivity contribution >= 4 is 34.1 Å². The second kappa shape index (κ2) is 6.02. The summed E-state index contributed by atoms with van der Waals surface area (Å²) in [6.07, 6.45) is 1.82. The van der Waals surface area contributed by atoms with Crippen LogP contribution in [0.4, 0.5) is 0 Å². The number of pyridine rings is 1. The Morgan fingerprint density at radius 1 is 0.952 bits per heavy atom. The zero-order chi connectivity index (χ0) is 14.8. The predicted molar refractivity (Wildman–Crippen MR) is 89.1 cm³/mol. The molecule has 0 radical (unpaired) electrons. The minimum Gasteiger partial charge on any atom is -0.309 e. The molecule has 0 amide bonds. The molecule has 0 aliphatic carbocycles. The first-order chi connectivity index (χ1) is 10.2. The Labute approximate surface area is 133 Å². The van der Waals surface area contributed by atoms with Gasteiger partial charge in [-0.3, -0.25) is 4.98 Å². The predicted octanol–water partition coefficient (Wildman–Crippen LogP) is 4.85. The Morgan fingerprint density at radius 3 is 2.57 bits per heavy atom. The standard InChI is InChI=1S/C17H14Cl2N2/c1-20-17(13-6-4-7-14(18)16(13)19)12-9-10-21-15-8-3-2-5-11(12)15/h2-10,17,20H,1H3. The van der Waals surface area contributed by atoms with Gasteiger partial charge in [-0.2, -0.15) is 0 Å². The summed E-state index contributed by atoms with van der Waals surface area (Å²) in [4.78, 5) is 4.41. The normalized spacial score (nSPS) is 12.5. The minimum atomic E-state index is -0.0379. The Bertz CT molecular complexity index is 781. The van der Waals surface area contributed by atoms with Crippen LogP contribution < -0.4 is 5.32 Å². The highest BCUT2D eigenvalue weighted by Crippen LogP contribution is 2.35. The summed E-state index contributed by atoms with van der Waals surface area (Å²) < 4.78 is 0. The fourth-order valence-corrected chi connectivity index (χ4v) is 3.01. The molecule has 0 saturated carbocycles. The lowest BCUT2D eigenvalue weighted by Crippen LogP contribution is -2.18. The quantitative estimate of drug-likeness (QED) is 0.747. The summed E-state index contributed by atoms with van der Waals surface area (Å²) in [5.41, 5.74) is 3.06. The first-order valence-electron chi connectivity index (χ1n) is 6.67. The molecule has 3 rings (SSSR count). The molecule has 0 bridgehead atoms. The van der Waals surface area contributed by atoms with Gasteiger partial charge in [-0.25, -0.2) is 0 Å². The Balaban J connectivity index is 2.21. The molecule has 1 N–H and O–H groups in total. The second-order valence-corrected chi connectivity index (χ2v) is 5.57. The molecule has 0 fully saturated rings. The van der Waals surface area contributed by atoms with Gasteiger partial charge in [-0.05, 0) is 36.4 Å². The van der Waals surface area contributed by atoms with E-state index in [1.54, 1.807) is 6.07 Å². The third-order valence-electron chi connectivity index (χ3n) is 3.57. The van der Waals surface area contributed by atoms with E-state index in [2.05, 4.69) is 16.4 Å². The van der Waals surface area contributed by atoms with Crippen molar-refractivity contribution < 1.29 is 0 Å². The summed E-state index contributed by atoms with van der Waals surface area (Å²) in [5.74, 6) is 0. The van der Waals surface area contributed by atoms with Crippen LogP contribution in [0.3, 0.4) is 0 Å². The molecular weight excluding hydrogens is 303 g/mol. The van der Waals surface area contributed by atoms with E-state index >= 15 is 0 Å². The molecule has 0 saturated heterocycles. The van der Waals surface area contributed by atoms with Gasteiger partial charge in [0.15, 0.2) is 0 Å². The summed E-state index contributed by atoms with van der Waals surface area (Å²) >= 11 is 12.5. The molecule has 0 aliphatic rings. The van der Waals surface area contributed by atoms with Crippen LogP contribution in [-0.2, 0) is 0 Å². The number of para-hydroxylation sites is 1. The molecule has 2 aromatic carbocycles. The molecule has 1 atom stereocenters.